The number of benzene rings is 1. The molecule has 118 valence electrons. The van der Waals surface area contributed by atoms with Crippen LogP contribution in [0.1, 0.15) is 27.3 Å². The third-order valence-corrected chi connectivity index (χ3v) is 4.11. The SMILES string of the molecule is Cc1nn(C)c(C)c1CCOC(=O)c1cccc2ncccc12. The molecule has 1 aromatic carbocycles. The van der Waals surface area contributed by atoms with Crippen LogP contribution in [0, 0.1) is 13.8 Å². The molecule has 3 aromatic rings. The lowest BCUT2D eigenvalue weighted by Crippen LogP contribution is -2.09. The largest absolute Gasteiger partial charge is 0.462 e. The minimum atomic E-state index is -0.317. The Balaban J connectivity index is 1.72. The number of aromatic nitrogens is 3. The summed E-state index contributed by atoms with van der Waals surface area (Å²) in [4.78, 5) is 16.6. The zero-order chi connectivity index (χ0) is 16.4. The maximum absolute atomic E-state index is 12.4. The monoisotopic (exact) mass is 309 g/mol. The minimum absolute atomic E-state index is 0.317. The number of fused-ring (bicyclic) bond motifs is 1. The fourth-order valence-electron chi connectivity index (χ4n) is 2.78. The summed E-state index contributed by atoms with van der Waals surface area (Å²) in [7, 11) is 1.92. The van der Waals surface area contributed by atoms with Crippen LogP contribution in [0.3, 0.4) is 0 Å². The Bertz CT molecular complexity index is 863. The average molecular weight is 309 g/mol. The Morgan fingerprint density at radius 1 is 1.22 bits per heavy atom. The first-order valence-corrected chi connectivity index (χ1v) is 7.58. The van der Waals surface area contributed by atoms with E-state index in [1.165, 1.54) is 0 Å². The summed E-state index contributed by atoms with van der Waals surface area (Å²) >= 11 is 0. The number of carbonyl (C=O) groups is 1. The molecule has 0 aliphatic heterocycles. The van der Waals surface area contributed by atoms with E-state index in [1.807, 2.05) is 49.8 Å². The summed E-state index contributed by atoms with van der Waals surface area (Å²) in [5.74, 6) is -0.317. The van der Waals surface area contributed by atoms with E-state index >= 15 is 0 Å². The highest BCUT2D eigenvalue weighted by atomic mass is 16.5. The number of hydrogen-bond donors (Lipinski definition) is 0. The molecule has 23 heavy (non-hydrogen) atoms. The predicted molar refractivity (Wildman–Crippen MR) is 88.4 cm³/mol. The van der Waals surface area contributed by atoms with Crippen LogP contribution in [0.4, 0.5) is 0 Å². The van der Waals surface area contributed by atoms with Crippen molar-refractivity contribution in [1.29, 1.82) is 0 Å². The van der Waals surface area contributed by atoms with Crippen molar-refractivity contribution in [3.63, 3.8) is 0 Å². The van der Waals surface area contributed by atoms with E-state index < -0.39 is 0 Å². The van der Waals surface area contributed by atoms with Gasteiger partial charge < -0.3 is 4.74 Å². The standard InChI is InChI=1S/C18H19N3O2/c1-12-14(13(2)21(3)20-12)9-11-23-18(22)16-6-4-8-17-15(16)7-5-10-19-17/h4-8,10H,9,11H2,1-3H3. The van der Waals surface area contributed by atoms with E-state index in [0.717, 1.165) is 27.9 Å². The molecule has 0 fully saturated rings. The molecule has 2 aromatic heterocycles. The Morgan fingerprint density at radius 3 is 2.78 bits per heavy atom. The van der Waals surface area contributed by atoms with Gasteiger partial charge in [0.25, 0.3) is 0 Å². The molecule has 0 unspecified atom stereocenters. The first-order valence-electron chi connectivity index (χ1n) is 7.58. The Labute approximate surface area is 134 Å². The van der Waals surface area contributed by atoms with Crippen molar-refractivity contribution in [3.05, 3.63) is 59.0 Å². The number of aryl methyl sites for hydroxylation is 2. The Hall–Kier alpha value is -2.69. The summed E-state index contributed by atoms with van der Waals surface area (Å²) in [5.41, 5.74) is 4.57. The summed E-state index contributed by atoms with van der Waals surface area (Å²) < 4.78 is 7.31. The summed E-state index contributed by atoms with van der Waals surface area (Å²) in [6, 6.07) is 9.18. The van der Waals surface area contributed by atoms with Crippen LogP contribution in [0.15, 0.2) is 36.5 Å². The highest BCUT2D eigenvalue weighted by Gasteiger charge is 2.13. The van der Waals surface area contributed by atoms with Crippen LogP contribution in [0.5, 0.6) is 0 Å². The van der Waals surface area contributed by atoms with Gasteiger partial charge in [0.05, 0.1) is 23.4 Å². The molecule has 5 nitrogen and oxygen atoms in total. The lowest BCUT2D eigenvalue weighted by Gasteiger charge is -2.07. The fourth-order valence-corrected chi connectivity index (χ4v) is 2.78. The zero-order valence-corrected chi connectivity index (χ0v) is 13.5. The van der Waals surface area contributed by atoms with Gasteiger partial charge in [0.15, 0.2) is 0 Å². The third kappa shape index (κ3) is 2.95. The number of carbonyl (C=O) groups excluding carboxylic acids is 1. The first kappa shape index (κ1) is 15.2. The highest BCUT2D eigenvalue weighted by Crippen LogP contribution is 2.18. The fraction of sp³-hybridized carbons (Fsp3) is 0.278. The molecular weight excluding hydrogens is 290 g/mol. The molecule has 0 atom stereocenters. The lowest BCUT2D eigenvalue weighted by atomic mass is 10.1. The van der Waals surface area contributed by atoms with Gasteiger partial charge in [-0.2, -0.15) is 5.10 Å². The third-order valence-electron chi connectivity index (χ3n) is 4.11. The Kier molecular flexibility index (Phi) is 4.10. The summed E-state index contributed by atoms with van der Waals surface area (Å²) in [5, 5.41) is 5.19. The smallest absolute Gasteiger partial charge is 0.338 e. The number of rotatable bonds is 4. The van der Waals surface area contributed by atoms with Gasteiger partial charge >= 0.3 is 5.97 Å². The van der Waals surface area contributed by atoms with Crippen molar-refractivity contribution in [2.24, 2.45) is 7.05 Å². The van der Waals surface area contributed by atoms with Crippen molar-refractivity contribution in [2.75, 3.05) is 6.61 Å². The minimum Gasteiger partial charge on any atom is -0.462 e. The van der Waals surface area contributed by atoms with Gasteiger partial charge in [-0.1, -0.05) is 12.1 Å². The van der Waals surface area contributed by atoms with E-state index in [2.05, 4.69) is 10.1 Å². The topological polar surface area (TPSA) is 57.0 Å². The predicted octanol–water partition coefficient (Wildman–Crippen LogP) is 2.98. The second kappa shape index (κ2) is 6.20. The first-order chi connectivity index (χ1) is 11.1. The molecule has 0 radical (unpaired) electrons. The number of nitrogens with zero attached hydrogens (tertiary/aromatic N) is 3. The molecule has 0 amide bonds. The Morgan fingerprint density at radius 2 is 2.04 bits per heavy atom. The van der Waals surface area contributed by atoms with Crippen LogP contribution in [0.25, 0.3) is 10.9 Å². The van der Waals surface area contributed by atoms with Crippen LogP contribution in [-0.4, -0.2) is 27.3 Å². The van der Waals surface area contributed by atoms with E-state index in [-0.39, 0.29) is 5.97 Å². The summed E-state index contributed by atoms with van der Waals surface area (Å²) in [6.07, 6.45) is 2.38. The molecule has 2 heterocycles. The number of pyridine rings is 1. The normalized spacial score (nSPS) is 10.9. The van der Waals surface area contributed by atoms with Crippen LogP contribution in [0.2, 0.25) is 0 Å². The van der Waals surface area contributed by atoms with Crippen molar-refractivity contribution in [3.8, 4) is 0 Å². The van der Waals surface area contributed by atoms with Gasteiger partial charge in [0.1, 0.15) is 0 Å². The van der Waals surface area contributed by atoms with Crippen LogP contribution < -0.4 is 0 Å². The second-order valence-corrected chi connectivity index (χ2v) is 5.53. The summed E-state index contributed by atoms with van der Waals surface area (Å²) in [6.45, 7) is 4.33. The number of hydrogen-bond acceptors (Lipinski definition) is 4. The van der Waals surface area contributed by atoms with Crippen molar-refractivity contribution < 1.29 is 9.53 Å². The molecule has 5 heteroatoms. The van der Waals surface area contributed by atoms with Gasteiger partial charge in [0.2, 0.25) is 0 Å². The van der Waals surface area contributed by atoms with Gasteiger partial charge in [0, 0.05) is 30.7 Å². The van der Waals surface area contributed by atoms with Crippen molar-refractivity contribution in [2.45, 2.75) is 20.3 Å². The number of esters is 1. The van der Waals surface area contributed by atoms with Crippen LogP contribution in [-0.2, 0) is 18.2 Å². The molecule has 0 saturated heterocycles. The van der Waals surface area contributed by atoms with Gasteiger partial charge in [-0.05, 0) is 37.6 Å². The lowest BCUT2D eigenvalue weighted by molar-refractivity contribution is 0.0511. The molecule has 3 rings (SSSR count). The molecule has 0 aliphatic carbocycles. The molecular formula is C18H19N3O2. The molecule has 0 N–H and O–H groups in total. The van der Waals surface area contributed by atoms with Gasteiger partial charge in [-0.25, -0.2) is 4.79 Å². The van der Waals surface area contributed by atoms with Gasteiger partial charge in [-0.3, -0.25) is 9.67 Å². The maximum Gasteiger partial charge on any atom is 0.338 e. The van der Waals surface area contributed by atoms with E-state index in [1.54, 1.807) is 12.3 Å². The van der Waals surface area contributed by atoms with Crippen LogP contribution >= 0.6 is 0 Å². The molecule has 0 spiro atoms. The molecule has 0 saturated carbocycles. The highest BCUT2D eigenvalue weighted by molar-refractivity contribution is 6.03. The number of ether oxygens (including phenoxy) is 1. The van der Waals surface area contributed by atoms with Crippen molar-refractivity contribution in [1.82, 2.24) is 14.8 Å². The second-order valence-electron chi connectivity index (χ2n) is 5.53. The van der Waals surface area contributed by atoms with E-state index in [4.69, 9.17) is 4.74 Å². The molecule has 0 aliphatic rings. The molecule has 0 bridgehead atoms. The van der Waals surface area contributed by atoms with Crippen molar-refractivity contribution >= 4 is 16.9 Å². The average Bonchev–Trinajstić information content (AvgIpc) is 2.80. The maximum atomic E-state index is 12.4. The van der Waals surface area contributed by atoms with Gasteiger partial charge in [-0.15, -0.1) is 0 Å². The van der Waals surface area contributed by atoms with E-state index in [9.17, 15) is 4.79 Å². The quantitative estimate of drug-likeness (QED) is 0.695. The van der Waals surface area contributed by atoms with E-state index in [0.29, 0.717) is 18.6 Å². The zero-order valence-electron chi connectivity index (χ0n) is 13.5.